The molecule has 1 heterocycles. The standard InChI is InChI=1S/C12H15ClN4S/c1-12(2,3)10-16-11(18-17-10)15-9-6-7(14)4-5-8(9)13/h4-6H,14H2,1-3H3,(H,15,16,17). The second kappa shape index (κ2) is 4.74. The summed E-state index contributed by atoms with van der Waals surface area (Å²) in [5.74, 6) is 0.815. The largest absolute Gasteiger partial charge is 0.399 e. The molecule has 0 aliphatic rings. The highest BCUT2D eigenvalue weighted by molar-refractivity contribution is 7.09. The highest BCUT2D eigenvalue weighted by atomic mass is 35.5. The molecular formula is C12H15ClN4S. The van der Waals surface area contributed by atoms with Crippen LogP contribution >= 0.6 is 23.1 Å². The second-order valence-corrected chi connectivity index (χ2v) is 6.20. The van der Waals surface area contributed by atoms with Crippen LogP contribution in [0.15, 0.2) is 18.2 Å². The Hall–Kier alpha value is -1.33. The number of halogens is 1. The summed E-state index contributed by atoms with van der Waals surface area (Å²) in [6.07, 6.45) is 0. The molecule has 4 nitrogen and oxygen atoms in total. The lowest BCUT2D eigenvalue weighted by molar-refractivity contribution is 0.555. The molecule has 3 N–H and O–H groups in total. The van der Waals surface area contributed by atoms with Crippen molar-refractivity contribution in [1.29, 1.82) is 0 Å². The molecule has 6 heteroatoms. The molecule has 1 aromatic heterocycles. The van der Waals surface area contributed by atoms with E-state index in [0.29, 0.717) is 15.8 Å². The van der Waals surface area contributed by atoms with Gasteiger partial charge in [0.05, 0.1) is 10.7 Å². The lowest BCUT2D eigenvalue weighted by atomic mass is 9.96. The molecule has 96 valence electrons. The van der Waals surface area contributed by atoms with E-state index in [4.69, 9.17) is 17.3 Å². The van der Waals surface area contributed by atoms with Crippen molar-refractivity contribution in [3.63, 3.8) is 0 Å². The van der Waals surface area contributed by atoms with Gasteiger partial charge in [0.2, 0.25) is 5.13 Å². The molecule has 0 saturated heterocycles. The third-order valence-corrected chi connectivity index (χ3v) is 3.29. The van der Waals surface area contributed by atoms with Crippen molar-refractivity contribution in [1.82, 2.24) is 9.36 Å². The van der Waals surface area contributed by atoms with Crippen molar-refractivity contribution in [2.75, 3.05) is 11.1 Å². The number of nitrogens with zero attached hydrogens (tertiary/aromatic N) is 2. The van der Waals surface area contributed by atoms with Crippen molar-refractivity contribution < 1.29 is 0 Å². The number of nitrogen functional groups attached to an aromatic ring is 1. The van der Waals surface area contributed by atoms with Gasteiger partial charge in [-0.2, -0.15) is 4.37 Å². The van der Waals surface area contributed by atoms with Crippen molar-refractivity contribution in [3.05, 3.63) is 29.0 Å². The average molecular weight is 283 g/mol. The van der Waals surface area contributed by atoms with Crippen molar-refractivity contribution in [2.24, 2.45) is 0 Å². The van der Waals surface area contributed by atoms with E-state index in [1.54, 1.807) is 18.2 Å². The van der Waals surface area contributed by atoms with Gasteiger partial charge in [0, 0.05) is 22.6 Å². The van der Waals surface area contributed by atoms with Crippen LogP contribution in [0.25, 0.3) is 0 Å². The molecule has 0 saturated carbocycles. The summed E-state index contributed by atoms with van der Waals surface area (Å²) in [5.41, 5.74) is 7.06. The van der Waals surface area contributed by atoms with Crippen molar-refractivity contribution in [3.8, 4) is 0 Å². The highest BCUT2D eigenvalue weighted by Crippen LogP contribution is 2.29. The Balaban J connectivity index is 2.24. The molecule has 0 atom stereocenters. The first kappa shape index (κ1) is 13.1. The molecule has 0 unspecified atom stereocenters. The topological polar surface area (TPSA) is 63.8 Å². The fourth-order valence-corrected chi connectivity index (χ4v) is 2.27. The van der Waals surface area contributed by atoms with E-state index in [-0.39, 0.29) is 5.41 Å². The normalized spacial score (nSPS) is 11.6. The minimum atomic E-state index is -0.0596. The quantitative estimate of drug-likeness (QED) is 0.822. The van der Waals surface area contributed by atoms with E-state index in [0.717, 1.165) is 11.5 Å². The molecule has 0 spiro atoms. The Kier molecular flexibility index (Phi) is 3.45. The molecule has 0 bridgehead atoms. The predicted molar refractivity (Wildman–Crippen MR) is 77.8 cm³/mol. The van der Waals surface area contributed by atoms with Crippen LogP contribution in [-0.4, -0.2) is 9.36 Å². The Morgan fingerprint density at radius 2 is 2.06 bits per heavy atom. The number of aromatic nitrogens is 2. The Labute approximate surface area is 115 Å². The zero-order valence-corrected chi connectivity index (χ0v) is 12.1. The lowest BCUT2D eigenvalue weighted by Crippen LogP contribution is -2.13. The molecule has 18 heavy (non-hydrogen) atoms. The van der Waals surface area contributed by atoms with Crippen LogP contribution < -0.4 is 11.1 Å². The van der Waals surface area contributed by atoms with Gasteiger partial charge in [0.1, 0.15) is 5.82 Å². The van der Waals surface area contributed by atoms with Gasteiger partial charge in [-0.3, -0.25) is 0 Å². The summed E-state index contributed by atoms with van der Waals surface area (Å²) in [6, 6.07) is 5.29. The summed E-state index contributed by atoms with van der Waals surface area (Å²) in [6.45, 7) is 6.23. The number of rotatable bonds is 2. The summed E-state index contributed by atoms with van der Waals surface area (Å²) >= 11 is 7.40. The first-order valence-corrected chi connectivity index (χ1v) is 6.67. The number of hydrogen-bond donors (Lipinski definition) is 2. The van der Waals surface area contributed by atoms with Gasteiger partial charge >= 0.3 is 0 Å². The van der Waals surface area contributed by atoms with Crippen molar-refractivity contribution >= 4 is 39.6 Å². The van der Waals surface area contributed by atoms with Gasteiger partial charge in [-0.25, -0.2) is 4.98 Å². The fraction of sp³-hybridized carbons (Fsp3) is 0.333. The van der Waals surface area contributed by atoms with Gasteiger partial charge < -0.3 is 11.1 Å². The Bertz CT molecular complexity index is 559. The third-order valence-electron chi connectivity index (χ3n) is 2.33. The minimum absolute atomic E-state index is 0.0596. The summed E-state index contributed by atoms with van der Waals surface area (Å²) < 4.78 is 4.33. The molecule has 2 aromatic rings. The van der Waals surface area contributed by atoms with E-state index < -0.39 is 0 Å². The molecule has 0 aliphatic carbocycles. The summed E-state index contributed by atoms with van der Waals surface area (Å²) in [7, 11) is 0. The maximum absolute atomic E-state index is 6.08. The second-order valence-electron chi connectivity index (χ2n) is 5.04. The molecule has 2 rings (SSSR count). The first-order chi connectivity index (χ1) is 8.36. The van der Waals surface area contributed by atoms with Crippen LogP contribution in [0.3, 0.4) is 0 Å². The van der Waals surface area contributed by atoms with E-state index in [9.17, 15) is 0 Å². The smallest absolute Gasteiger partial charge is 0.207 e. The maximum Gasteiger partial charge on any atom is 0.207 e. The average Bonchev–Trinajstić information content (AvgIpc) is 2.71. The number of nitrogens with two attached hydrogens (primary N) is 1. The zero-order chi connectivity index (χ0) is 13.3. The highest BCUT2D eigenvalue weighted by Gasteiger charge is 2.19. The monoisotopic (exact) mass is 282 g/mol. The van der Waals surface area contributed by atoms with E-state index in [1.807, 2.05) is 0 Å². The number of nitrogens with one attached hydrogen (secondary N) is 1. The van der Waals surface area contributed by atoms with Gasteiger partial charge in [-0.05, 0) is 18.2 Å². The SMILES string of the molecule is CC(C)(C)c1nsc(Nc2cc(N)ccc2Cl)n1. The van der Waals surface area contributed by atoms with E-state index >= 15 is 0 Å². The van der Waals surface area contributed by atoms with Crippen LogP contribution in [0.2, 0.25) is 5.02 Å². The molecule has 0 fully saturated rings. The zero-order valence-electron chi connectivity index (χ0n) is 10.5. The van der Waals surface area contributed by atoms with Crippen LogP contribution in [0.5, 0.6) is 0 Å². The molecule has 0 aliphatic heterocycles. The maximum atomic E-state index is 6.08. The van der Waals surface area contributed by atoms with Gasteiger partial charge in [0.15, 0.2) is 0 Å². The minimum Gasteiger partial charge on any atom is -0.399 e. The van der Waals surface area contributed by atoms with Gasteiger partial charge in [-0.15, -0.1) is 0 Å². The number of anilines is 3. The summed E-state index contributed by atoms with van der Waals surface area (Å²) in [5, 5.41) is 4.46. The third kappa shape index (κ3) is 2.91. The molecule has 0 amide bonds. The summed E-state index contributed by atoms with van der Waals surface area (Å²) in [4.78, 5) is 4.44. The predicted octanol–water partition coefficient (Wildman–Crippen LogP) is 3.81. The fourth-order valence-electron chi connectivity index (χ4n) is 1.33. The van der Waals surface area contributed by atoms with Crippen molar-refractivity contribution in [2.45, 2.75) is 26.2 Å². The van der Waals surface area contributed by atoms with E-state index in [1.165, 1.54) is 11.5 Å². The molecular weight excluding hydrogens is 268 g/mol. The number of benzene rings is 1. The lowest BCUT2D eigenvalue weighted by Gasteiger charge is -2.12. The molecule has 1 aromatic carbocycles. The van der Waals surface area contributed by atoms with Crippen LogP contribution in [0.1, 0.15) is 26.6 Å². The van der Waals surface area contributed by atoms with Gasteiger partial charge in [0.25, 0.3) is 0 Å². The first-order valence-electron chi connectivity index (χ1n) is 5.52. The Morgan fingerprint density at radius 1 is 1.33 bits per heavy atom. The number of hydrogen-bond acceptors (Lipinski definition) is 5. The molecule has 0 radical (unpaired) electrons. The van der Waals surface area contributed by atoms with E-state index in [2.05, 4.69) is 35.4 Å². The van der Waals surface area contributed by atoms with Crippen LogP contribution in [0, 0.1) is 0 Å². The van der Waals surface area contributed by atoms with Crippen LogP contribution in [-0.2, 0) is 5.41 Å². The Morgan fingerprint density at radius 3 is 2.67 bits per heavy atom. The van der Waals surface area contributed by atoms with Crippen LogP contribution in [0.4, 0.5) is 16.5 Å². The van der Waals surface area contributed by atoms with Gasteiger partial charge in [-0.1, -0.05) is 32.4 Å².